The molecule has 6 nitrogen and oxygen atoms in total. The first kappa shape index (κ1) is 19.0. The number of halogens is 1. The molecule has 3 N–H and O–H groups in total. The summed E-state index contributed by atoms with van der Waals surface area (Å²) in [6.45, 7) is 0.886. The number of carboxylic acid groups (broad SMARTS) is 1. The largest absolute Gasteiger partial charge is 0.481 e. The second kappa shape index (κ2) is 10.6. The second-order valence-electron chi connectivity index (χ2n) is 5.07. The van der Waals surface area contributed by atoms with Gasteiger partial charge in [0.2, 0.25) is 5.91 Å². The van der Waals surface area contributed by atoms with E-state index in [9.17, 15) is 14.4 Å². The highest BCUT2D eigenvalue weighted by Crippen LogP contribution is 2.09. The first-order chi connectivity index (χ1) is 11.0. The van der Waals surface area contributed by atoms with Crippen molar-refractivity contribution in [2.75, 3.05) is 13.1 Å². The van der Waals surface area contributed by atoms with Crippen molar-refractivity contribution in [1.29, 1.82) is 0 Å². The van der Waals surface area contributed by atoms with Crippen LogP contribution in [0.3, 0.4) is 0 Å². The van der Waals surface area contributed by atoms with E-state index in [0.29, 0.717) is 49.4 Å². The summed E-state index contributed by atoms with van der Waals surface area (Å²) in [5.74, 6) is -1.12. The molecule has 0 aliphatic carbocycles. The number of nitrogens with one attached hydrogen (secondary N) is 2. The summed E-state index contributed by atoms with van der Waals surface area (Å²) in [4.78, 5) is 33.7. The molecule has 0 aliphatic heterocycles. The Morgan fingerprint density at radius 3 is 2.22 bits per heavy atom. The van der Waals surface area contributed by atoms with Gasteiger partial charge in [0.05, 0.1) is 0 Å². The molecule has 0 spiro atoms. The summed E-state index contributed by atoms with van der Waals surface area (Å²) in [7, 11) is 0. The van der Waals surface area contributed by atoms with Crippen molar-refractivity contribution in [1.82, 2.24) is 10.6 Å². The third-order valence-electron chi connectivity index (χ3n) is 3.11. The topological polar surface area (TPSA) is 95.5 Å². The fourth-order valence-electron chi connectivity index (χ4n) is 1.87. The lowest BCUT2D eigenvalue weighted by atomic mass is 10.2. The lowest BCUT2D eigenvalue weighted by molar-refractivity contribution is -0.137. The van der Waals surface area contributed by atoms with Crippen LogP contribution in [-0.4, -0.2) is 36.0 Å². The molecule has 1 aromatic carbocycles. The monoisotopic (exact) mass is 340 g/mol. The molecule has 0 bridgehead atoms. The smallest absolute Gasteiger partial charge is 0.303 e. The first-order valence-electron chi connectivity index (χ1n) is 7.51. The third-order valence-corrected chi connectivity index (χ3v) is 3.36. The van der Waals surface area contributed by atoms with E-state index in [-0.39, 0.29) is 18.2 Å². The van der Waals surface area contributed by atoms with Gasteiger partial charge in [0.15, 0.2) is 0 Å². The maximum absolute atomic E-state index is 11.8. The normalized spacial score (nSPS) is 10.1. The average Bonchev–Trinajstić information content (AvgIpc) is 2.51. The highest BCUT2D eigenvalue weighted by molar-refractivity contribution is 6.30. The molecular weight excluding hydrogens is 320 g/mol. The standard InChI is InChI=1S/C16H21ClN2O4/c17-13-8-6-12(7-9-13)16(23)19-11-3-4-14(20)18-10-2-1-5-15(21)22/h6-9H,1-5,10-11H2,(H,18,20)(H,19,23)(H,21,22). The van der Waals surface area contributed by atoms with E-state index >= 15 is 0 Å². The lowest BCUT2D eigenvalue weighted by Crippen LogP contribution is -2.28. The molecule has 0 fully saturated rings. The Morgan fingerprint density at radius 1 is 0.913 bits per heavy atom. The van der Waals surface area contributed by atoms with E-state index in [1.165, 1.54) is 0 Å². The predicted octanol–water partition coefficient (Wildman–Crippen LogP) is 2.22. The molecule has 2 amide bonds. The van der Waals surface area contributed by atoms with Crippen molar-refractivity contribution in [3.8, 4) is 0 Å². The van der Waals surface area contributed by atoms with Gasteiger partial charge in [-0.05, 0) is 43.5 Å². The third kappa shape index (κ3) is 8.83. The summed E-state index contributed by atoms with van der Waals surface area (Å²) >= 11 is 5.75. The van der Waals surface area contributed by atoms with Gasteiger partial charge in [-0.25, -0.2) is 0 Å². The number of carbonyl (C=O) groups is 3. The maximum atomic E-state index is 11.8. The molecule has 0 saturated heterocycles. The Morgan fingerprint density at radius 2 is 1.57 bits per heavy atom. The number of carboxylic acids is 1. The number of aliphatic carboxylic acids is 1. The molecule has 1 rings (SSSR count). The van der Waals surface area contributed by atoms with Crippen molar-refractivity contribution in [2.24, 2.45) is 0 Å². The second-order valence-corrected chi connectivity index (χ2v) is 5.50. The van der Waals surface area contributed by atoms with Gasteiger partial charge in [0, 0.05) is 36.5 Å². The van der Waals surface area contributed by atoms with Gasteiger partial charge in [-0.1, -0.05) is 11.6 Å². The Kier molecular flexibility index (Phi) is 8.75. The average molecular weight is 341 g/mol. The molecule has 0 atom stereocenters. The Labute approximate surface area is 140 Å². The number of amides is 2. The summed E-state index contributed by atoms with van der Waals surface area (Å²) in [5, 5.41) is 14.5. The van der Waals surface area contributed by atoms with Crippen LogP contribution in [0.15, 0.2) is 24.3 Å². The van der Waals surface area contributed by atoms with Crippen molar-refractivity contribution >= 4 is 29.4 Å². The van der Waals surface area contributed by atoms with Crippen LogP contribution >= 0.6 is 11.6 Å². The minimum absolute atomic E-state index is 0.0962. The van der Waals surface area contributed by atoms with Crippen LogP contribution in [-0.2, 0) is 9.59 Å². The summed E-state index contributed by atoms with van der Waals surface area (Å²) in [6, 6.07) is 6.57. The van der Waals surface area contributed by atoms with E-state index in [0.717, 1.165) is 0 Å². The van der Waals surface area contributed by atoms with Gasteiger partial charge in [-0.2, -0.15) is 0 Å². The van der Waals surface area contributed by atoms with Crippen LogP contribution in [0.25, 0.3) is 0 Å². The zero-order chi connectivity index (χ0) is 17.1. The predicted molar refractivity (Wildman–Crippen MR) is 87.5 cm³/mol. The highest BCUT2D eigenvalue weighted by atomic mass is 35.5. The molecule has 0 heterocycles. The molecule has 1 aromatic rings. The summed E-state index contributed by atoms with van der Waals surface area (Å²) in [5.41, 5.74) is 0.525. The molecular formula is C16H21ClN2O4. The lowest BCUT2D eigenvalue weighted by Gasteiger charge is -2.06. The summed E-state index contributed by atoms with van der Waals surface area (Å²) in [6.07, 6.45) is 2.17. The fourth-order valence-corrected chi connectivity index (χ4v) is 2.00. The van der Waals surface area contributed by atoms with Gasteiger partial charge in [-0.15, -0.1) is 0 Å². The minimum Gasteiger partial charge on any atom is -0.481 e. The molecule has 23 heavy (non-hydrogen) atoms. The van der Waals surface area contributed by atoms with Crippen LogP contribution in [0.2, 0.25) is 5.02 Å². The molecule has 126 valence electrons. The number of benzene rings is 1. The fraction of sp³-hybridized carbons (Fsp3) is 0.438. The minimum atomic E-state index is -0.826. The maximum Gasteiger partial charge on any atom is 0.303 e. The van der Waals surface area contributed by atoms with Gasteiger partial charge in [0.25, 0.3) is 5.91 Å². The van der Waals surface area contributed by atoms with Crippen molar-refractivity contribution in [3.63, 3.8) is 0 Å². The molecule has 0 radical (unpaired) electrons. The zero-order valence-corrected chi connectivity index (χ0v) is 13.6. The van der Waals surface area contributed by atoms with Crippen molar-refractivity contribution < 1.29 is 19.5 Å². The Hall–Kier alpha value is -2.08. The highest BCUT2D eigenvalue weighted by Gasteiger charge is 2.05. The Balaban J connectivity index is 2.07. The summed E-state index contributed by atoms with van der Waals surface area (Å²) < 4.78 is 0. The number of carbonyl (C=O) groups excluding carboxylic acids is 2. The quantitative estimate of drug-likeness (QED) is 0.569. The van der Waals surface area contributed by atoms with Crippen LogP contribution in [0.5, 0.6) is 0 Å². The number of rotatable bonds is 10. The molecule has 0 aromatic heterocycles. The Bertz CT molecular complexity index is 531. The van der Waals surface area contributed by atoms with Crippen LogP contribution in [0, 0.1) is 0 Å². The van der Waals surface area contributed by atoms with E-state index in [1.807, 2.05) is 0 Å². The van der Waals surface area contributed by atoms with Crippen LogP contribution < -0.4 is 10.6 Å². The van der Waals surface area contributed by atoms with Crippen molar-refractivity contribution in [2.45, 2.75) is 32.1 Å². The van der Waals surface area contributed by atoms with E-state index < -0.39 is 5.97 Å². The molecule has 0 aliphatic rings. The van der Waals surface area contributed by atoms with Gasteiger partial charge >= 0.3 is 5.97 Å². The number of hydrogen-bond donors (Lipinski definition) is 3. The van der Waals surface area contributed by atoms with E-state index in [2.05, 4.69) is 10.6 Å². The molecule has 0 unspecified atom stereocenters. The first-order valence-corrected chi connectivity index (χ1v) is 7.89. The number of unbranched alkanes of at least 4 members (excludes halogenated alkanes) is 1. The zero-order valence-electron chi connectivity index (χ0n) is 12.8. The van der Waals surface area contributed by atoms with Gasteiger partial charge < -0.3 is 15.7 Å². The van der Waals surface area contributed by atoms with Gasteiger partial charge in [-0.3, -0.25) is 14.4 Å². The van der Waals surface area contributed by atoms with Crippen LogP contribution in [0.4, 0.5) is 0 Å². The SMILES string of the molecule is O=C(O)CCCCNC(=O)CCCNC(=O)c1ccc(Cl)cc1. The van der Waals surface area contributed by atoms with Crippen molar-refractivity contribution in [3.05, 3.63) is 34.9 Å². The van der Waals surface area contributed by atoms with Crippen LogP contribution in [0.1, 0.15) is 42.5 Å². The van der Waals surface area contributed by atoms with E-state index in [1.54, 1.807) is 24.3 Å². The number of hydrogen-bond acceptors (Lipinski definition) is 3. The molecule has 7 heteroatoms. The van der Waals surface area contributed by atoms with Gasteiger partial charge in [0.1, 0.15) is 0 Å². The molecule has 0 saturated carbocycles. The van der Waals surface area contributed by atoms with E-state index in [4.69, 9.17) is 16.7 Å².